The molecule has 0 spiro atoms. The summed E-state index contributed by atoms with van der Waals surface area (Å²) in [6.07, 6.45) is 1.10. The lowest BCUT2D eigenvalue weighted by Gasteiger charge is -2.18. The maximum Gasteiger partial charge on any atom is 0.334 e. The molecule has 0 aliphatic rings. The number of carbonyl (C=O) groups is 6. The van der Waals surface area contributed by atoms with E-state index in [2.05, 4.69) is 13.2 Å². The molecule has 0 rings (SSSR count). The van der Waals surface area contributed by atoms with E-state index >= 15 is 0 Å². The first-order valence-electron chi connectivity index (χ1n) is 13.4. The van der Waals surface area contributed by atoms with Crippen molar-refractivity contribution in [1.29, 1.82) is 0 Å². The first kappa shape index (κ1) is 36.3. The molecule has 0 amide bonds. The number of carbonyl (C=O) groups excluding carboxylic acids is 6. The van der Waals surface area contributed by atoms with Gasteiger partial charge in [0.05, 0.1) is 51.1 Å². The summed E-state index contributed by atoms with van der Waals surface area (Å²) in [5.41, 5.74) is -0.478. The van der Waals surface area contributed by atoms with E-state index < -0.39 is 60.5 Å². The van der Waals surface area contributed by atoms with Crippen LogP contribution in [0.2, 0.25) is 0 Å². The van der Waals surface area contributed by atoms with Crippen LogP contribution < -0.4 is 0 Å². The van der Waals surface area contributed by atoms with Crippen LogP contribution in [0.25, 0.3) is 0 Å². The number of rotatable bonds is 21. The molecule has 0 N–H and O–H groups in total. The highest BCUT2D eigenvalue weighted by molar-refractivity contribution is 5.97. The standard InChI is InChI=1S/C28H42O12/c1-7-11-37-25(31)19(5)21(27(33)39-13-9-3)17-23(29)35-15-16-36-24(30)18-22(28(34)40-14-10-4)20(6)26(32)38-12-8-2/h21-22H,5-18H2,1-4H3. The summed E-state index contributed by atoms with van der Waals surface area (Å²) in [4.78, 5) is 73.9. The quantitative estimate of drug-likeness (QED) is 0.0861. The van der Waals surface area contributed by atoms with Crippen LogP contribution >= 0.6 is 0 Å². The molecule has 0 saturated heterocycles. The van der Waals surface area contributed by atoms with Gasteiger partial charge in [-0.2, -0.15) is 0 Å². The summed E-state index contributed by atoms with van der Waals surface area (Å²) >= 11 is 0. The van der Waals surface area contributed by atoms with Crippen LogP contribution in [-0.2, 0) is 57.2 Å². The van der Waals surface area contributed by atoms with E-state index in [4.69, 9.17) is 28.4 Å². The second-order valence-corrected chi connectivity index (χ2v) is 8.61. The van der Waals surface area contributed by atoms with Crippen LogP contribution in [0.5, 0.6) is 0 Å². The van der Waals surface area contributed by atoms with Gasteiger partial charge in [0.25, 0.3) is 0 Å². The number of esters is 6. The molecule has 2 atom stereocenters. The summed E-state index contributed by atoms with van der Waals surface area (Å²) in [6, 6.07) is 0. The highest BCUT2D eigenvalue weighted by atomic mass is 16.6. The molecule has 12 heteroatoms. The van der Waals surface area contributed by atoms with Crippen molar-refractivity contribution in [3.63, 3.8) is 0 Å². The molecule has 0 heterocycles. The molecule has 0 saturated carbocycles. The average molecular weight is 571 g/mol. The fourth-order valence-electron chi connectivity index (χ4n) is 2.93. The van der Waals surface area contributed by atoms with Gasteiger partial charge in [-0.15, -0.1) is 0 Å². The molecule has 0 aromatic rings. The molecular formula is C28H42O12. The third-order valence-electron chi connectivity index (χ3n) is 5.06. The van der Waals surface area contributed by atoms with E-state index in [0.29, 0.717) is 25.7 Å². The monoisotopic (exact) mass is 570 g/mol. The third-order valence-corrected chi connectivity index (χ3v) is 5.06. The van der Waals surface area contributed by atoms with Gasteiger partial charge >= 0.3 is 35.8 Å². The zero-order chi connectivity index (χ0) is 30.5. The second kappa shape index (κ2) is 21.2. The first-order valence-corrected chi connectivity index (χ1v) is 13.4. The zero-order valence-corrected chi connectivity index (χ0v) is 24.0. The van der Waals surface area contributed by atoms with Gasteiger partial charge < -0.3 is 28.4 Å². The SMILES string of the molecule is C=C(C(=O)OCCC)C(CC(=O)OCCOC(=O)CC(C(=C)C(=O)OCCC)C(=O)OCCC)C(=O)OCCC. The second-order valence-electron chi connectivity index (χ2n) is 8.61. The van der Waals surface area contributed by atoms with Crippen LogP contribution in [0.15, 0.2) is 24.3 Å². The lowest BCUT2D eigenvalue weighted by atomic mass is 9.97. The van der Waals surface area contributed by atoms with Crippen molar-refractivity contribution in [2.45, 2.75) is 66.2 Å². The Bertz CT molecular complexity index is 820. The average Bonchev–Trinajstić information content (AvgIpc) is 2.94. The Kier molecular flexibility index (Phi) is 19.2. The van der Waals surface area contributed by atoms with E-state index in [9.17, 15) is 28.8 Å². The molecule has 226 valence electrons. The maximum absolute atomic E-state index is 12.4. The highest BCUT2D eigenvalue weighted by Gasteiger charge is 2.33. The molecule has 0 aliphatic carbocycles. The van der Waals surface area contributed by atoms with Crippen molar-refractivity contribution in [1.82, 2.24) is 0 Å². The van der Waals surface area contributed by atoms with Crippen LogP contribution in [0.4, 0.5) is 0 Å². The van der Waals surface area contributed by atoms with E-state index in [1.54, 1.807) is 27.7 Å². The third kappa shape index (κ3) is 14.5. The lowest BCUT2D eigenvalue weighted by molar-refractivity contribution is -0.159. The van der Waals surface area contributed by atoms with Crippen LogP contribution in [0.3, 0.4) is 0 Å². The molecule has 0 aliphatic heterocycles. The Morgan fingerprint density at radius 2 is 0.775 bits per heavy atom. The summed E-state index contributed by atoms with van der Waals surface area (Å²) in [6.45, 7) is 14.0. The fraction of sp³-hybridized carbons (Fsp3) is 0.643. The Morgan fingerprint density at radius 3 is 1.07 bits per heavy atom. The van der Waals surface area contributed by atoms with Crippen molar-refractivity contribution in [3.8, 4) is 0 Å². The molecule has 2 unspecified atom stereocenters. The van der Waals surface area contributed by atoms with E-state index in [1.807, 2.05) is 0 Å². The van der Waals surface area contributed by atoms with Gasteiger partial charge in [-0.1, -0.05) is 40.9 Å². The Hall–Kier alpha value is -3.70. The van der Waals surface area contributed by atoms with Gasteiger partial charge in [-0.3, -0.25) is 19.2 Å². The normalized spacial score (nSPS) is 11.8. The minimum Gasteiger partial charge on any atom is -0.465 e. The van der Waals surface area contributed by atoms with Gasteiger partial charge in [-0.25, -0.2) is 9.59 Å². The minimum atomic E-state index is -1.31. The molecule has 0 aromatic carbocycles. The van der Waals surface area contributed by atoms with Crippen molar-refractivity contribution >= 4 is 35.8 Å². The Labute approximate surface area is 235 Å². The van der Waals surface area contributed by atoms with Crippen molar-refractivity contribution in [2.75, 3.05) is 39.6 Å². The molecule has 0 fully saturated rings. The van der Waals surface area contributed by atoms with E-state index in [0.717, 1.165) is 0 Å². The summed E-state index contributed by atoms with van der Waals surface area (Å²) in [7, 11) is 0. The zero-order valence-electron chi connectivity index (χ0n) is 24.0. The predicted molar refractivity (Wildman–Crippen MR) is 141 cm³/mol. The van der Waals surface area contributed by atoms with Gasteiger partial charge in [0, 0.05) is 11.1 Å². The lowest BCUT2D eigenvalue weighted by Crippen LogP contribution is -2.29. The van der Waals surface area contributed by atoms with Crippen LogP contribution in [0, 0.1) is 11.8 Å². The van der Waals surface area contributed by atoms with Crippen molar-refractivity contribution in [2.24, 2.45) is 11.8 Å². The molecular weight excluding hydrogens is 528 g/mol. The van der Waals surface area contributed by atoms with Crippen molar-refractivity contribution in [3.05, 3.63) is 24.3 Å². The first-order chi connectivity index (χ1) is 19.0. The topological polar surface area (TPSA) is 158 Å². The maximum atomic E-state index is 12.4. The van der Waals surface area contributed by atoms with Gasteiger partial charge in [0.15, 0.2) is 0 Å². The van der Waals surface area contributed by atoms with E-state index in [1.165, 1.54) is 0 Å². The molecule has 0 radical (unpaired) electrons. The summed E-state index contributed by atoms with van der Waals surface area (Å²) in [5.74, 6) is -7.63. The number of hydrogen-bond donors (Lipinski definition) is 0. The molecule has 0 bridgehead atoms. The van der Waals surface area contributed by atoms with Gasteiger partial charge in [0.1, 0.15) is 13.2 Å². The number of ether oxygens (including phenoxy) is 6. The van der Waals surface area contributed by atoms with Crippen LogP contribution in [-0.4, -0.2) is 75.5 Å². The molecule has 40 heavy (non-hydrogen) atoms. The molecule has 12 nitrogen and oxygen atoms in total. The van der Waals surface area contributed by atoms with E-state index in [-0.39, 0.29) is 50.8 Å². The Morgan fingerprint density at radius 1 is 0.475 bits per heavy atom. The summed E-state index contributed by atoms with van der Waals surface area (Å²) < 4.78 is 30.2. The number of hydrogen-bond acceptors (Lipinski definition) is 12. The van der Waals surface area contributed by atoms with Crippen molar-refractivity contribution < 1.29 is 57.2 Å². The fourth-order valence-corrected chi connectivity index (χ4v) is 2.93. The largest absolute Gasteiger partial charge is 0.465 e. The Balaban J connectivity index is 5.01. The predicted octanol–water partition coefficient (Wildman–Crippen LogP) is 3.01. The van der Waals surface area contributed by atoms with Gasteiger partial charge in [0.2, 0.25) is 0 Å². The van der Waals surface area contributed by atoms with Gasteiger partial charge in [-0.05, 0) is 25.7 Å². The van der Waals surface area contributed by atoms with Crippen LogP contribution in [0.1, 0.15) is 66.2 Å². The summed E-state index contributed by atoms with van der Waals surface area (Å²) in [5, 5.41) is 0. The minimum absolute atomic E-state index is 0.0906. The molecule has 0 aromatic heterocycles. The highest BCUT2D eigenvalue weighted by Crippen LogP contribution is 2.20. The smallest absolute Gasteiger partial charge is 0.334 e.